The maximum atomic E-state index is 11.6. The minimum Gasteiger partial charge on any atom is -0.494 e. The third-order valence-electron chi connectivity index (χ3n) is 2.69. The molecule has 0 aliphatic rings. The first-order valence-corrected chi connectivity index (χ1v) is 8.15. The third-order valence-corrected chi connectivity index (χ3v) is 3.42. The summed E-state index contributed by atoms with van der Waals surface area (Å²) in [4.78, 5) is 25.3. The Morgan fingerprint density at radius 3 is 2.55 bits per heavy atom. The molecule has 1 aromatic heterocycles. The van der Waals surface area contributed by atoms with Crippen molar-refractivity contribution in [3.05, 3.63) is 26.4 Å². The van der Waals surface area contributed by atoms with Gasteiger partial charge in [-0.2, -0.15) is 0 Å². The highest BCUT2D eigenvalue weighted by atomic mass is 32.2. The van der Waals surface area contributed by atoms with Crippen molar-refractivity contribution < 1.29 is 13.5 Å². The minimum absolute atomic E-state index is 0.112. The Hall–Kier alpha value is -1.61. The molecule has 3 N–H and O–H groups in total. The van der Waals surface area contributed by atoms with Crippen LogP contribution in [-0.4, -0.2) is 35.9 Å². The van der Waals surface area contributed by atoms with Gasteiger partial charge in [0.2, 0.25) is 15.9 Å². The average molecular weight is 305 g/mol. The highest BCUT2D eigenvalue weighted by Gasteiger charge is 2.13. The van der Waals surface area contributed by atoms with E-state index >= 15 is 0 Å². The van der Waals surface area contributed by atoms with Gasteiger partial charge in [0.05, 0.1) is 11.8 Å². The lowest BCUT2D eigenvalue weighted by molar-refractivity contribution is 0.388. The molecule has 1 rings (SSSR count). The lowest BCUT2D eigenvalue weighted by Crippen LogP contribution is -2.33. The van der Waals surface area contributed by atoms with Gasteiger partial charge in [-0.25, -0.2) is 17.9 Å². The number of hydrogen-bond donors (Lipinski definition) is 3. The second-order valence-electron chi connectivity index (χ2n) is 4.48. The number of nitrogens with zero attached hydrogens (tertiary/aromatic N) is 1. The summed E-state index contributed by atoms with van der Waals surface area (Å²) in [5, 5.41) is 9.95. The van der Waals surface area contributed by atoms with Crippen molar-refractivity contribution >= 4 is 10.0 Å². The Balaban J connectivity index is 2.87. The van der Waals surface area contributed by atoms with Crippen LogP contribution in [0.15, 0.2) is 9.59 Å². The smallest absolute Gasteiger partial charge is 0.331 e. The van der Waals surface area contributed by atoms with Crippen LogP contribution in [0, 0.1) is 0 Å². The lowest BCUT2D eigenvalue weighted by Gasteiger charge is -2.11. The van der Waals surface area contributed by atoms with Crippen LogP contribution in [0.1, 0.15) is 25.3 Å². The number of hydrogen-bond acceptors (Lipinski definition) is 5. The molecule has 0 aromatic carbocycles. The normalized spacial score (nSPS) is 11.7. The van der Waals surface area contributed by atoms with Crippen molar-refractivity contribution in [1.29, 1.82) is 0 Å². The van der Waals surface area contributed by atoms with E-state index in [9.17, 15) is 23.1 Å². The molecule has 0 saturated heterocycles. The zero-order chi connectivity index (χ0) is 15.3. The second kappa shape index (κ2) is 6.71. The third kappa shape index (κ3) is 4.49. The number of nitrogens with one attached hydrogen (secondary N) is 2. The van der Waals surface area contributed by atoms with Gasteiger partial charge in [-0.1, -0.05) is 13.3 Å². The van der Waals surface area contributed by atoms with Crippen LogP contribution in [0.5, 0.6) is 5.88 Å². The van der Waals surface area contributed by atoms with E-state index in [0.29, 0.717) is 19.3 Å². The van der Waals surface area contributed by atoms with Crippen molar-refractivity contribution in [1.82, 2.24) is 14.3 Å². The first-order valence-electron chi connectivity index (χ1n) is 6.26. The molecule has 8 nitrogen and oxygen atoms in total. The van der Waals surface area contributed by atoms with Crippen molar-refractivity contribution in [2.24, 2.45) is 0 Å². The van der Waals surface area contributed by atoms with Crippen LogP contribution < -0.4 is 16.0 Å². The molecule has 0 unspecified atom stereocenters. The minimum atomic E-state index is -3.28. The molecule has 0 bridgehead atoms. The molecule has 1 aromatic rings. The van der Waals surface area contributed by atoms with Crippen LogP contribution >= 0.6 is 0 Å². The monoisotopic (exact) mass is 305 g/mol. The van der Waals surface area contributed by atoms with Crippen LogP contribution in [0.25, 0.3) is 0 Å². The SMILES string of the molecule is CCCc1c(O)n(CCCNS(C)(=O)=O)c(=O)[nH]c1=O. The first kappa shape index (κ1) is 16.4. The number of aromatic nitrogens is 2. The second-order valence-corrected chi connectivity index (χ2v) is 6.32. The van der Waals surface area contributed by atoms with Crippen molar-refractivity contribution in [2.75, 3.05) is 12.8 Å². The molecular weight excluding hydrogens is 286 g/mol. The highest BCUT2D eigenvalue weighted by molar-refractivity contribution is 7.88. The van der Waals surface area contributed by atoms with E-state index in [0.717, 1.165) is 10.8 Å². The standard InChI is InChI=1S/C11H19N3O5S/c1-3-5-8-9(15)13-11(17)14(10(8)16)7-4-6-12-20(2,18)19/h12,16H,3-7H2,1-2H3,(H,13,15,17). The Bertz CT molecular complexity index is 674. The van der Waals surface area contributed by atoms with E-state index in [-0.39, 0.29) is 24.5 Å². The molecule has 0 aliphatic carbocycles. The quantitative estimate of drug-likeness (QED) is 0.566. The summed E-state index contributed by atoms with van der Waals surface area (Å²) in [6.07, 6.45) is 2.38. The van der Waals surface area contributed by atoms with Gasteiger partial charge in [0.1, 0.15) is 0 Å². The summed E-state index contributed by atoms with van der Waals surface area (Å²) in [5.41, 5.74) is -1.12. The van der Waals surface area contributed by atoms with E-state index in [4.69, 9.17) is 0 Å². The van der Waals surface area contributed by atoms with E-state index < -0.39 is 21.3 Å². The van der Waals surface area contributed by atoms with Crippen LogP contribution in [0.2, 0.25) is 0 Å². The molecule has 0 spiro atoms. The topological polar surface area (TPSA) is 121 Å². The zero-order valence-electron chi connectivity index (χ0n) is 11.5. The first-order chi connectivity index (χ1) is 9.26. The number of aromatic amines is 1. The summed E-state index contributed by atoms with van der Waals surface area (Å²) in [7, 11) is -3.28. The number of sulfonamides is 1. The van der Waals surface area contributed by atoms with Gasteiger partial charge in [0.25, 0.3) is 5.56 Å². The molecule has 0 fully saturated rings. The van der Waals surface area contributed by atoms with E-state index in [1.54, 1.807) is 0 Å². The maximum Gasteiger partial charge on any atom is 0.331 e. The van der Waals surface area contributed by atoms with Gasteiger partial charge in [-0.15, -0.1) is 0 Å². The van der Waals surface area contributed by atoms with E-state index in [2.05, 4.69) is 9.71 Å². The van der Waals surface area contributed by atoms with E-state index in [1.807, 2.05) is 6.92 Å². The Kier molecular flexibility index (Phi) is 5.52. The van der Waals surface area contributed by atoms with Gasteiger partial charge in [-0.3, -0.25) is 14.3 Å². The van der Waals surface area contributed by atoms with Crippen molar-refractivity contribution in [2.45, 2.75) is 32.7 Å². The summed E-state index contributed by atoms with van der Waals surface area (Å²) in [6.45, 7) is 2.11. The van der Waals surface area contributed by atoms with E-state index in [1.165, 1.54) is 0 Å². The molecule has 114 valence electrons. The molecule has 0 atom stereocenters. The number of aromatic hydroxyl groups is 1. The Labute approximate surface area is 116 Å². The Morgan fingerprint density at radius 2 is 2.00 bits per heavy atom. The molecule has 0 radical (unpaired) electrons. The fourth-order valence-corrected chi connectivity index (χ4v) is 2.29. The molecule has 9 heteroatoms. The summed E-state index contributed by atoms with van der Waals surface area (Å²) < 4.78 is 25.1. The fourth-order valence-electron chi connectivity index (χ4n) is 1.78. The number of rotatable bonds is 7. The molecule has 0 amide bonds. The predicted molar refractivity (Wildman–Crippen MR) is 74.4 cm³/mol. The molecule has 0 saturated carbocycles. The van der Waals surface area contributed by atoms with Crippen LogP contribution in [-0.2, 0) is 23.0 Å². The largest absolute Gasteiger partial charge is 0.494 e. The van der Waals surface area contributed by atoms with Gasteiger partial charge < -0.3 is 5.11 Å². The molecular formula is C11H19N3O5S. The van der Waals surface area contributed by atoms with Gasteiger partial charge in [-0.05, 0) is 12.8 Å². The van der Waals surface area contributed by atoms with Gasteiger partial charge in [0.15, 0.2) is 0 Å². The summed E-state index contributed by atoms with van der Waals surface area (Å²) >= 11 is 0. The predicted octanol–water partition coefficient (Wildman–Crippen LogP) is -0.866. The highest BCUT2D eigenvalue weighted by Crippen LogP contribution is 2.12. The Morgan fingerprint density at radius 1 is 1.35 bits per heavy atom. The van der Waals surface area contributed by atoms with Crippen LogP contribution in [0.4, 0.5) is 0 Å². The lowest BCUT2D eigenvalue weighted by atomic mass is 10.2. The molecule has 0 aliphatic heterocycles. The van der Waals surface area contributed by atoms with Crippen molar-refractivity contribution in [3.8, 4) is 5.88 Å². The van der Waals surface area contributed by atoms with Gasteiger partial charge >= 0.3 is 5.69 Å². The summed E-state index contributed by atoms with van der Waals surface area (Å²) in [5.74, 6) is -0.347. The summed E-state index contributed by atoms with van der Waals surface area (Å²) in [6, 6.07) is 0. The maximum absolute atomic E-state index is 11.6. The van der Waals surface area contributed by atoms with Crippen LogP contribution in [0.3, 0.4) is 0 Å². The molecule has 1 heterocycles. The molecule has 20 heavy (non-hydrogen) atoms. The average Bonchev–Trinajstić information content (AvgIpc) is 2.32. The van der Waals surface area contributed by atoms with Crippen molar-refractivity contribution in [3.63, 3.8) is 0 Å². The zero-order valence-corrected chi connectivity index (χ0v) is 12.3. The number of H-pyrrole nitrogens is 1. The van der Waals surface area contributed by atoms with Gasteiger partial charge in [0, 0.05) is 13.1 Å². The fraction of sp³-hybridized carbons (Fsp3) is 0.636.